The molecule has 2 heteroatoms. The lowest BCUT2D eigenvalue weighted by Crippen LogP contribution is -2.46. The molecule has 1 N–H and O–H groups in total. The molecule has 2 rings (SSSR count). The Morgan fingerprint density at radius 1 is 1.37 bits per heavy atom. The van der Waals surface area contributed by atoms with Gasteiger partial charge < -0.3 is 5.32 Å². The summed E-state index contributed by atoms with van der Waals surface area (Å²) in [5.74, 6) is 0. The Hall–Kier alpha value is -0.470. The zero-order chi connectivity index (χ0) is 13.7. The molecule has 0 amide bonds. The summed E-state index contributed by atoms with van der Waals surface area (Å²) in [4.78, 5) is 0. The van der Waals surface area contributed by atoms with Gasteiger partial charge in [-0.05, 0) is 51.3 Å². The van der Waals surface area contributed by atoms with Crippen LogP contribution in [-0.4, -0.2) is 23.6 Å². The molecule has 0 aromatic heterocycles. The van der Waals surface area contributed by atoms with Crippen LogP contribution in [0.1, 0.15) is 43.7 Å². The number of hydrogen-bond acceptors (Lipinski definition) is 2. The molecule has 1 unspecified atom stereocenters. The lowest BCUT2D eigenvalue weighted by atomic mass is 9.84. The molecule has 0 heterocycles. The van der Waals surface area contributed by atoms with Crippen LogP contribution in [0, 0.1) is 6.92 Å². The maximum absolute atomic E-state index is 3.74. The molecule has 0 bridgehead atoms. The molecule has 0 spiro atoms. The molecular weight excluding hydrogens is 250 g/mol. The Bertz CT molecular complexity index is 392. The molecule has 1 aromatic carbocycles. The summed E-state index contributed by atoms with van der Waals surface area (Å²) in [5, 5.41) is 3.74. The van der Waals surface area contributed by atoms with Gasteiger partial charge in [0.2, 0.25) is 0 Å². The smallest absolute Gasteiger partial charge is 0.0281 e. The lowest BCUT2D eigenvalue weighted by molar-refractivity contribution is 0.329. The van der Waals surface area contributed by atoms with E-state index in [1.165, 1.54) is 49.8 Å². The fourth-order valence-electron chi connectivity index (χ4n) is 2.74. The molecule has 19 heavy (non-hydrogen) atoms. The molecule has 1 nitrogen and oxygen atoms in total. The highest BCUT2D eigenvalue weighted by Crippen LogP contribution is 2.42. The van der Waals surface area contributed by atoms with E-state index in [4.69, 9.17) is 0 Å². The second-order valence-electron chi connectivity index (χ2n) is 6.05. The maximum atomic E-state index is 3.74. The van der Waals surface area contributed by atoms with Gasteiger partial charge in [-0.15, -0.1) is 0 Å². The summed E-state index contributed by atoms with van der Waals surface area (Å²) in [6, 6.07) is 9.51. The molecule has 1 atom stereocenters. The maximum Gasteiger partial charge on any atom is 0.0281 e. The van der Waals surface area contributed by atoms with Crippen LogP contribution >= 0.6 is 11.8 Å². The van der Waals surface area contributed by atoms with E-state index in [0.717, 1.165) is 0 Å². The number of nitrogens with one attached hydrogen (secondary N) is 1. The van der Waals surface area contributed by atoms with Crippen molar-refractivity contribution < 1.29 is 0 Å². The van der Waals surface area contributed by atoms with Crippen LogP contribution < -0.4 is 5.32 Å². The van der Waals surface area contributed by atoms with Gasteiger partial charge in [-0.25, -0.2) is 0 Å². The minimum Gasteiger partial charge on any atom is -0.313 e. The number of benzene rings is 1. The van der Waals surface area contributed by atoms with Crippen LogP contribution in [-0.2, 0) is 6.42 Å². The molecule has 1 aromatic rings. The van der Waals surface area contributed by atoms with E-state index < -0.39 is 0 Å². The number of thioether (sulfide) groups is 1. The van der Waals surface area contributed by atoms with Crippen LogP contribution in [0.5, 0.6) is 0 Å². The first-order chi connectivity index (χ1) is 9.13. The highest BCUT2D eigenvalue weighted by molar-refractivity contribution is 8.00. The molecule has 0 radical (unpaired) electrons. The van der Waals surface area contributed by atoms with E-state index in [2.05, 4.69) is 61.4 Å². The SMILES string of the molecule is CSC1(CNC(C)CCc2cccc(C)c2)CCC1. The van der Waals surface area contributed by atoms with Crippen LogP contribution in [0.2, 0.25) is 0 Å². The van der Waals surface area contributed by atoms with Crippen molar-refractivity contribution in [1.29, 1.82) is 0 Å². The molecule has 1 aliphatic rings. The standard InChI is InChI=1S/C17H27NS/c1-14-6-4-7-16(12-14)9-8-15(2)18-13-17(19-3)10-5-11-17/h4,6-7,12,15,18H,5,8-11,13H2,1-3H3. The quantitative estimate of drug-likeness (QED) is 0.802. The van der Waals surface area contributed by atoms with E-state index >= 15 is 0 Å². The van der Waals surface area contributed by atoms with Gasteiger partial charge in [0.15, 0.2) is 0 Å². The normalized spacial score (nSPS) is 18.9. The molecule has 1 fully saturated rings. The zero-order valence-electron chi connectivity index (χ0n) is 12.5. The average Bonchev–Trinajstić information content (AvgIpc) is 2.36. The number of hydrogen-bond donors (Lipinski definition) is 1. The first-order valence-corrected chi connectivity index (χ1v) is 8.70. The second-order valence-corrected chi connectivity index (χ2v) is 7.32. The largest absolute Gasteiger partial charge is 0.313 e. The Labute approximate surface area is 122 Å². The highest BCUT2D eigenvalue weighted by atomic mass is 32.2. The van der Waals surface area contributed by atoms with E-state index in [9.17, 15) is 0 Å². The predicted molar refractivity (Wildman–Crippen MR) is 87.1 cm³/mol. The Morgan fingerprint density at radius 2 is 2.16 bits per heavy atom. The molecule has 1 aliphatic carbocycles. The van der Waals surface area contributed by atoms with Crippen molar-refractivity contribution in [1.82, 2.24) is 5.32 Å². The molecule has 0 saturated heterocycles. The zero-order valence-corrected chi connectivity index (χ0v) is 13.4. The van der Waals surface area contributed by atoms with Crippen LogP contribution in [0.25, 0.3) is 0 Å². The van der Waals surface area contributed by atoms with Gasteiger partial charge in [-0.3, -0.25) is 0 Å². The van der Waals surface area contributed by atoms with Gasteiger partial charge in [0.1, 0.15) is 0 Å². The Kier molecular flexibility index (Phi) is 5.35. The lowest BCUT2D eigenvalue weighted by Gasteiger charge is -2.41. The number of aryl methyl sites for hydroxylation is 2. The van der Waals surface area contributed by atoms with Crippen molar-refractivity contribution >= 4 is 11.8 Å². The third-order valence-electron chi connectivity index (χ3n) is 4.42. The molecule has 1 saturated carbocycles. The van der Waals surface area contributed by atoms with E-state index in [1.54, 1.807) is 0 Å². The van der Waals surface area contributed by atoms with E-state index in [0.29, 0.717) is 10.8 Å². The first-order valence-electron chi connectivity index (χ1n) is 7.48. The predicted octanol–water partition coefficient (Wildman–Crippen LogP) is 4.19. The van der Waals surface area contributed by atoms with Gasteiger partial charge in [0, 0.05) is 17.3 Å². The van der Waals surface area contributed by atoms with Gasteiger partial charge in [0.05, 0.1) is 0 Å². The Morgan fingerprint density at radius 3 is 2.74 bits per heavy atom. The van der Waals surface area contributed by atoms with E-state index in [1.807, 2.05) is 0 Å². The van der Waals surface area contributed by atoms with Gasteiger partial charge in [-0.2, -0.15) is 11.8 Å². The van der Waals surface area contributed by atoms with Crippen molar-refractivity contribution in [2.45, 2.75) is 56.7 Å². The van der Waals surface area contributed by atoms with E-state index in [-0.39, 0.29) is 0 Å². The van der Waals surface area contributed by atoms with Gasteiger partial charge in [-0.1, -0.05) is 36.2 Å². The van der Waals surface area contributed by atoms with Crippen molar-refractivity contribution in [3.63, 3.8) is 0 Å². The van der Waals surface area contributed by atoms with Crippen molar-refractivity contribution in [3.05, 3.63) is 35.4 Å². The summed E-state index contributed by atoms with van der Waals surface area (Å²) in [5.41, 5.74) is 2.84. The number of rotatable bonds is 7. The monoisotopic (exact) mass is 277 g/mol. The average molecular weight is 277 g/mol. The van der Waals surface area contributed by atoms with Gasteiger partial charge in [0.25, 0.3) is 0 Å². The Balaban J connectivity index is 1.71. The van der Waals surface area contributed by atoms with Crippen molar-refractivity contribution in [2.24, 2.45) is 0 Å². The van der Waals surface area contributed by atoms with Gasteiger partial charge >= 0.3 is 0 Å². The summed E-state index contributed by atoms with van der Waals surface area (Å²) < 4.78 is 0.553. The van der Waals surface area contributed by atoms with Crippen LogP contribution in [0.4, 0.5) is 0 Å². The first kappa shape index (κ1) is 14.9. The highest BCUT2D eigenvalue weighted by Gasteiger charge is 2.35. The van der Waals surface area contributed by atoms with Crippen molar-refractivity contribution in [2.75, 3.05) is 12.8 Å². The molecular formula is C17H27NS. The summed E-state index contributed by atoms with van der Waals surface area (Å²) >= 11 is 2.05. The fraction of sp³-hybridized carbons (Fsp3) is 0.647. The molecule has 106 valence electrons. The third-order valence-corrected chi connectivity index (χ3v) is 5.84. The molecule has 0 aliphatic heterocycles. The van der Waals surface area contributed by atoms with Crippen LogP contribution in [0.3, 0.4) is 0 Å². The fourth-order valence-corrected chi connectivity index (χ4v) is 3.66. The minimum absolute atomic E-state index is 0.553. The topological polar surface area (TPSA) is 12.0 Å². The van der Waals surface area contributed by atoms with Crippen LogP contribution in [0.15, 0.2) is 24.3 Å². The van der Waals surface area contributed by atoms with Crippen molar-refractivity contribution in [3.8, 4) is 0 Å². The summed E-state index contributed by atoms with van der Waals surface area (Å²) in [6.45, 7) is 5.68. The summed E-state index contributed by atoms with van der Waals surface area (Å²) in [6.07, 6.45) is 8.88. The summed E-state index contributed by atoms with van der Waals surface area (Å²) in [7, 11) is 0. The third kappa shape index (κ3) is 4.25. The second kappa shape index (κ2) is 6.81. The minimum atomic E-state index is 0.553.